The van der Waals surface area contributed by atoms with Crippen LogP contribution >= 0.6 is 0 Å². The number of nitrogens with zero attached hydrogens (tertiary/aromatic N) is 1. The summed E-state index contributed by atoms with van der Waals surface area (Å²) in [5.74, 6) is 0.832. The fourth-order valence-electron chi connectivity index (χ4n) is 3.47. The maximum Gasteiger partial charge on any atom is 0.217 e. The Hall–Kier alpha value is -3.54. The molecule has 4 rings (SSSR count). The molecule has 2 aromatic heterocycles. The number of aromatic nitrogens is 1. The highest BCUT2D eigenvalue weighted by Gasteiger charge is 2.29. The average molecular weight is 362 g/mol. The normalized spacial score (nSPS) is 12.2. The Bertz CT molecular complexity index is 1070. The Kier molecular flexibility index (Phi) is 4.38. The van der Waals surface area contributed by atoms with Crippen molar-refractivity contribution < 1.29 is 14.1 Å². The van der Waals surface area contributed by atoms with E-state index in [1.54, 1.807) is 25.5 Å². The van der Waals surface area contributed by atoms with Gasteiger partial charge in [0.1, 0.15) is 17.4 Å². The van der Waals surface area contributed by atoms with Crippen molar-refractivity contribution in [2.24, 2.45) is 0 Å². The standard InChI is InChI=1S/C21H18N2O4/c1-26-15-10-8-14(9-11-15)21-20(16-5-2-3-6-18(16)22-21)17(13-23(24)25)19-7-4-12-27-19/h2-12,17,22H,13H2,1H3. The molecule has 0 aliphatic carbocycles. The number of methoxy groups -OCH3 is 1. The quantitative estimate of drug-likeness (QED) is 0.393. The predicted octanol–water partition coefficient (Wildman–Crippen LogP) is 4.85. The summed E-state index contributed by atoms with van der Waals surface area (Å²) in [5, 5.41) is 12.4. The van der Waals surface area contributed by atoms with Gasteiger partial charge in [0.2, 0.25) is 6.54 Å². The Balaban J connectivity index is 1.95. The molecule has 2 aromatic carbocycles. The molecule has 4 aromatic rings. The minimum absolute atomic E-state index is 0.251. The molecule has 0 amide bonds. The third-order valence-corrected chi connectivity index (χ3v) is 4.69. The molecule has 0 saturated heterocycles. The molecule has 0 saturated carbocycles. The molecule has 0 radical (unpaired) electrons. The molecule has 1 unspecified atom stereocenters. The number of ether oxygens (including phenoxy) is 1. The van der Waals surface area contributed by atoms with Gasteiger partial charge < -0.3 is 14.1 Å². The summed E-state index contributed by atoms with van der Waals surface area (Å²) in [5.41, 5.74) is 3.57. The van der Waals surface area contributed by atoms with E-state index < -0.39 is 5.92 Å². The molecule has 2 heterocycles. The number of aromatic amines is 1. The van der Waals surface area contributed by atoms with Crippen LogP contribution in [0.25, 0.3) is 22.2 Å². The van der Waals surface area contributed by atoms with E-state index in [1.807, 2.05) is 48.5 Å². The number of nitro groups is 1. The van der Waals surface area contributed by atoms with Gasteiger partial charge in [0, 0.05) is 21.4 Å². The van der Waals surface area contributed by atoms with Crippen LogP contribution in [0, 0.1) is 10.1 Å². The zero-order valence-corrected chi connectivity index (χ0v) is 14.7. The van der Waals surface area contributed by atoms with Crippen LogP contribution in [0.4, 0.5) is 0 Å². The van der Waals surface area contributed by atoms with Crippen LogP contribution < -0.4 is 4.74 Å². The second-order valence-electron chi connectivity index (χ2n) is 6.27. The van der Waals surface area contributed by atoms with Crippen molar-refractivity contribution in [3.63, 3.8) is 0 Å². The number of furan rings is 1. The summed E-state index contributed by atoms with van der Waals surface area (Å²) in [6.45, 7) is -0.251. The maximum absolute atomic E-state index is 11.4. The van der Waals surface area contributed by atoms with E-state index in [9.17, 15) is 10.1 Å². The van der Waals surface area contributed by atoms with Crippen molar-refractivity contribution in [3.8, 4) is 17.0 Å². The van der Waals surface area contributed by atoms with Crippen molar-refractivity contribution in [1.29, 1.82) is 0 Å². The highest BCUT2D eigenvalue weighted by atomic mass is 16.6. The lowest BCUT2D eigenvalue weighted by Crippen LogP contribution is -2.14. The van der Waals surface area contributed by atoms with Crippen LogP contribution in [0.5, 0.6) is 5.75 Å². The molecule has 1 atom stereocenters. The summed E-state index contributed by atoms with van der Waals surface area (Å²) in [4.78, 5) is 14.5. The first-order valence-electron chi connectivity index (χ1n) is 8.57. The highest BCUT2D eigenvalue weighted by Crippen LogP contribution is 2.39. The summed E-state index contributed by atoms with van der Waals surface area (Å²) in [6.07, 6.45) is 1.55. The van der Waals surface area contributed by atoms with E-state index in [2.05, 4.69) is 4.98 Å². The van der Waals surface area contributed by atoms with Crippen LogP contribution in [0.2, 0.25) is 0 Å². The van der Waals surface area contributed by atoms with Crippen LogP contribution in [0.1, 0.15) is 17.2 Å². The van der Waals surface area contributed by atoms with Gasteiger partial charge in [-0.3, -0.25) is 10.1 Å². The SMILES string of the molecule is COc1ccc(-c2[nH]c3ccccc3c2C(C[N+](=O)[O-])c2ccco2)cc1. The number of fused-ring (bicyclic) bond motifs is 1. The minimum atomic E-state index is -0.497. The topological polar surface area (TPSA) is 81.3 Å². The van der Waals surface area contributed by atoms with Crippen molar-refractivity contribution >= 4 is 10.9 Å². The first-order valence-corrected chi connectivity index (χ1v) is 8.57. The van der Waals surface area contributed by atoms with Gasteiger partial charge in [0.25, 0.3) is 0 Å². The van der Waals surface area contributed by atoms with Gasteiger partial charge in [-0.1, -0.05) is 18.2 Å². The summed E-state index contributed by atoms with van der Waals surface area (Å²) in [7, 11) is 1.62. The monoisotopic (exact) mass is 362 g/mol. The number of hydrogen-bond acceptors (Lipinski definition) is 4. The predicted molar refractivity (Wildman–Crippen MR) is 103 cm³/mol. The summed E-state index contributed by atoms with van der Waals surface area (Å²) >= 11 is 0. The second-order valence-corrected chi connectivity index (χ2v) is 6.27. The molecule has 6 nitrogen and oxygen atoms in total. The molecule has 0 aliphatic heterocycles. The molecule has 1 N–H and O–H groups in total. The third-order valence-electron chi connectivity index (χ3n) is 4.69. The lowest BCUT2D eigenvalue weighted by molar-refractivity contribution is -0.482. The van der Waals surface area contributed by atoms with E-state index in [-0.39, 0.29) is 11.5 Å². The Morgan fingerprint density at radius 3 is 2.56 bits per heavy atom. The van der Waals surface area contributed by atoms with E-state index in [0.29, 0.717) is 5.76 Å². The van der Waals surface area contributed by atoms with Crippen molar-refractivity contribution in [2.75, 3.05) is 13.7 Å². The lowest BCUT2D eigenvalue weighted by atomic mass is 9.91. The number of H-pyrrole nitrogens is 1. The molecule has 0 fully saturated rings. The molecule has 0 spiro atoms. The van der Waals surface area contributed by atoms with Crippen LogP contribution in [0.15, 0.2) is 71.3 Å². The average Bonchev–Trinajstić information content (AvgIpc) is 3.34. The molecule has 0 aliphatic rings. The first-order chi connectivity index (χ1) is 13.2. The molecule has 27 heavy (non-hydrogen) atoms. The van der Waals surface area contributed by atoms with Gasteiger partial charge in [-0.05, 0) is 48.0 Å². The molecule has 6 heteroatoms. The number of para-hydroxylation sites is 1. The number of nitrogens with one attached hydrogen (secondary N) is 1. The third kappa shape index (κ3) is 3.17. The smallest absolute Gasteiger partial charge is 0.217 e. The number of rotatable bonds is 6. The summed E-state index contributed by atoms with van der Waals surface area (Å²) < 4.78 is 10.8. The van der Waals surface area contributed by atoms with Gasteiger partial charge in [-0.2, -0.15) is 0 Å². The van der Waals surface area contributed by atoms with Gasteiger partial charge >= 0.3 is 0 Å². The van der Waals surface area contributed by atoms with Crippen LogP contribution in [-0.4, -0.2) is 23.6 Å². The van der Waals surface area contributed by atoms with E-state index >= 15 is 0 Å². The van der Waals surface area contributed by atoms with Crippen molar-refractivity contribution in [2.45, 2.75) is 5.92 Å². The zero-order valence-electron chi connectivity index (χ0n) is 14.7. The molecular formula is C21H18N2O4. The molecule has 0 bridgehead atoms. The van der Waals surface area contributed by atoms with Gasteiger partial charge in [-0.15, -0.1) is 0 Å². The van der Waals surface area contributed by atoms with E-state index in [0.717, 1.165) is 33.5 Å². The maximum atomic E-state index is 11.4. The van der Waals surface area contributed by atoms with Crippen LogP contribution in [-0.2, 0) is 0 Å². The van der Waals surface area contributed by atoms with Gasteiger partial charge in [0.05, 0.1) is 19.1 Å². The first kappa shape index (κ1) is 16.9. The Morgan fingerprint density at radius 1 is 1.11 bits per heavy atom. The molecule has 136 valence electrons. The summed E-state index contributed by atoms with van der Waals surface area (Å²) in [6, 6.07) is 19.0. The lowest BCUT2D eigenvalue weighted by Gasteiger charge is -2.13. The van der Waals surface area contributed by atoms with E-state index in [4.69, 9.17) is 9.15 Å². The fourth-order valence-corrected chi connectivity index (χ4v) is 3.47. The highest BCUT2D eigenvalue weighted by molar-refractivity contribution is 5.92. The van der Waals surface area contributed by atoms with Crippen molar-refractivity contribution in [3.05, 3.63) is 88.4 Å². The fraction of sp³-hybridized carbons (Fsp3) is 0.143. The minimum Gasteiger partial charge on any atom is -0.497 e. The van der Waals surface area contributed by atoms with Crippen molar-refractivity contribution in [1.82, 2.24) is 4.98 Å². The van der Waals surface area contributed by atoms with E-state index in [1.165, 1.54) is 0 Å². The second kappa shape index (κ2) is 6.99. The van der Waals surface area contributed by atoms with Gasteiger partial charge in [0.15, 0.2) is 0 Å². The molecular weight excluding hydrogens is 344 g/mol. The zero-order chi connectivity index (χ0) is 18.8. The Labute approximate surface area is 155 Å². The van der Waals surface area contributed by atoms with Gasteiger partial charge in [-0.25, -0.2) is 0 Å². The van der Waals surface area contributed by atoms with Crippen LogP contribution in [0.3, 0.4) is 0 Å². The largest absolute Gasteiger partial charge is 0.497 e. The number of benzene rings is 2. The number of hydrogen-bond donors (Lipinski definition) is 1. The Morgan fingerprint density at radius 2 is 1.89 bits per heavy atom.